The van der Waals surface area contributed by atoms with Crippen LogP contribution in [0.4, 0.5) is 0 Å². The average molecular weight is 282 g/mol. The van der Waals surface area contributed by atoms with Gasteiger partial charge in [-0.15, -0.1) is 0 Å². The van der Waals surface area contributed by atoms with E-state index >= 15 is 0 Å². The van der Waals surface area contributed by atoms with Gasteiger partial charge in [0.2, 0.25) is 0 Å². The zero-order chi connectivity index (χ0) is 15.6. The Morgan fingerprint density at radius 2 is 1.05 bits per heavy atom. The van der Waals surface area contributed by atoms with Gasteiger partial charge in [-0.1, -0.05) is 36.4 Å². The molecule has 0 aromatic heterocycles. The fourth-order valence-electron chi connectivity index (χ4n) is 2.88. The van der Waals surface area contributed by atoms with Crippen LogP contribution in [0, 0.1) is 27.7 Å². The molecule has 0 bridgehead atoms. The van der Waals surface area contributed by atoms with Crippen LogP contribution in [0.1, 0.15) is 59.4 Å². The lowest BCUT2D eigenvalue weighted by Gasteiger charge is -2.23. The van der Waals surface area contributed by atoms with Crippen molar-refractivity contribution in [2.45, 2.75) is 53.8 Å². The van der Waals surface area contributed by atoms with Gasteiger partial charge in [0.25, 0.3) is 0 Å². The summed E-state index contributed by atoms with van der Waals surface area (Å²) in [6, 6.07) is 12.9. The molecule has 0 saturated carbocycles. The van der Waals surface area contributed by atoms with Crippen molar-refractivity contribution in [2.24, 2.45) is 0 Å². The highest BCUT2D eigenvalue weighted by molar-refractivity contribution is 5.36. The first-order valence-electron chi connectivity index (χ1n) is 7.69. The zero-order valence-corrected chi connectivity index (χ0v) is 14.0. The Hall–Kier alpha value is -1.60. The predicted molar refractivity (Wildman–Crippen MR) is 89.7 cm³/mol. The molecule has 0 amide bonds. The first kappa shape index (κ1) is 15.8. The molecule has 0 radical (unpaired) electrons. The Labute approximate surface area is 129 Å². The molecule has 0 saturated heterocycles. The molecular formula is C20H26O. The summed E-state index contributed by atoms with van der Waals surface area (Å²) >= 11 is 0. The van der Waals surface area contributed by atoms with Gasteiger partial charge in [0.15, 0.2) is 0 Å². The monoisotopic (exact) mass is 282 g/mol. The summed E-state index contributed by atoms with van der Waals surface area (Å²) in [7, 11) is 0. The van der Waals surface area contributed by atoms with Crippen LogP contribution >= 0.6 is 0 Å². The van der Waals surface area contributed by atoms with Gasteiger partial charge in [0, 0.05) is 0 Å². The van der Waals surface area contributed by atoms with Crippen LogP contribution in [0.2, 0.25) is 0 Å². The molecule has 0 fully saturated rings. The molecule has 2 rings (SSSR count). The van der Waals surface area contributed by atoms with Gasteiger partial charge in [-0.25, -0.2) is 0 Å². The second-order valence-electron chi connectivity index (χ2n) is 6.00. The van der Waals surface area contributed by atoms with E-state index in [1.165, 1.54) is 33.4 Å². The molecule has 2 atom stereocenters. The third-order valence-electron chi connectivity index (χ3n) is 4.58. The van der Waals surface area contributed by atoms with Crippen LogP contribution in [0.5, 0.6) is 0 Å². The zero-order valence-electron chi connectivity index (χ0n) is 14.0. The molecule has 1 nitrogen and oxygen atoms in total. The Balaban J connectivity index is 2.21. The largest absolute Gasteiger partial charge is 0.366 e. The maximum absolute atomic E-state index is 6.29. The molecule has 0 aliphatic rings. The average Bonchev–Trinajstić information content (AvgIpc) is 2.44. The van der Waals surface area contributed by atoms with Gasteiger partial charge >= 0.3 is 0 Å². The lowest BCUT2D eigenvalue weighted by atomic mass is 9.98. The molecule has 0 aliphatic carbocycles. The second-order valence-corrected chi connectivity index (χ2v) is 6.00. The number of hydrogen-bond acceptors (Lipinski definition) is 1. The summed E-state index contributed by atoms with van der Waals surface area (Å²) in [6.45, 7) is 12.9. The summed E-state index contributed by atoms with van der Waals surface area (Å²) in [5, 5.41) is 0. The fourth-order valence-corrected chi connectivity index (χ4v) is 2.88. The molecule has 2 aromatic rings. The van der Waals surface area contributed by atoms with Crippen molar-refractivity contribution < 1.29 is 4.74 Å². The molecule has 2 aromatic carbocycles. The third-order valence-corrected chi connectivity index (χ3v) is 4.58. The van der Waals surface area contributed by atoms with E-state index in [4.69, 9.17) is 4.74 Å². The van der Waals surface area contributed by atoms with Crippen LogP contribution in [0.3, 0.4) is 0 Å². The third kappa shape index (κ3) is 3.36. The molecule has 21 heavy (non-hydrogen) atoms. The minimum Gasteiger partial charge on any atom is -0.366 e. The van der Waals surface area contributed by atoms with Crippen LogP contribution in [0.25, 0.3) is 0 Å². The number of rotatable bonds is 4. The number of benzene rings is 2. The molecule has 0 N–H and O–H groups in total. The Morgan fingerprint density at radius 3 is 1.43 bits per heavy atom. The van der Waals surface area contributed by atoms with Gasteiger partial charge < -0.3 is 4.74 Å². The van der Waals surface area contributed by atoms with E-state index in [-0.39, 0.29) is 12.2 Å². The summed E-state index contributed by atoms with van der Waals surface area (Å²) in [6.07, 6.45) is 0.194. The van der Waals surface area contributed by atoms with Crippen molar-refractivity contribution in [3.63, 3.8) is 0 Å². The standard InChI is InChI=1S/C20H26O/c1-13-9-7-11-19(15(13)3)17(5)21-18(6)20-12-8-10-14(2)16(20)4/h7-12,17-18H,1-6H3/t17-,18-/m1/s1. The molecule has 112 valence electrons. The molecule has 0 unspecified atom stereocenters. The van der Waals surface area contributed by atoms with E-state index < -0.39 is 0 Å². The summed E-state index contributed by atoms with van der Waals surface area (Å²) in [5.41, 5.74) is 7.88. The van der Waals surface area contributed by atoms with Crippen molar-refractivity contribution in [1.82, 2.24) is 0 Å². The molecule has 0 heterocycles. The highest BCUT2D eigenvalue weighted by atomic mass is 16.5. The minimum absolute atomic E-state index is 0.0970. The van der Waals surface area contributed by atoms with Crippen molar-refractivity contribution in [1.29, 1.82) is 0 Å². The first-order chi connectivity index (χ1) is 9.91. The maximum Gasteiger partial charge on any atom is 0.0807 e. The van der Waals surface area contributed by atoms with Crippen molar-refractivity contribution in [3.8, 4) is 0 Å². The molecular weight excluding hydrogens is 256 g/mol. The highest BCUT2D eigenvalue weighted by Crippen LogP contribution is 2.30. The molecule has 0 aliphatic heterocycles. The predicted octanol–water partition coefficient (Wildman–Crippen LogP) is 5.76. The summed E-state index contributed by atoms with van der Waals surface area (Å²) in [4.78, 5) is 0. The van der Waals surface area contributed by atoms with Gasteiger partial charge in [0.05, 0.1) is 12.2 Å². The van der Waals surface area contributed by atoms with E-state index in [2.05, 4.69) is 77.9 Å². The van der Waals surface area contributed by atoms with E-state index in [0.29, 0.717) is 0 Å². The van der Waals surface area contributed by atoms with Crippen LogP contribution in [0.15, 0.2) is 36.4 Å². The summed E-state index contributed by atoms with van der Waals surface area (Å²) in [5.74, 6) is 0. The van der Waals surface area contributed by atoms with Crippen molar-refractivity contribution in [3.05, 3.63) is 69.8 Å². The van der Waals surface area contributed by atoms with Crippen molar-refractivity contribution in [2.75, 3.05) is 0 Å². The maximum atomic E-state index is 6.29. The Bertz CT molecular complexity index is 572. The van der Waals surface area contributed by atoms with E-state index in [0.717, 1.165) is 0 Å². The lowest BCUT2D eigenvalue weighted by Crippen LogP contribution is -2.08. The van der Waals surface area contributed by atoms with Crippen LogP contribution in [-0.2, 0) is 4.74 Å². The van der Waals surface area contributed by atoms with Gasteiger partial charge in [-0.3, -0.25) is 0 Å². The normalized spacial score (nSPS) is 14.0. The van der Waals surface area contributed by atoms with E-state index in [9.17, 15) is 0 Å². The topological polar surface area (TPSA) is 9.23 Å². The number of hydrogen-bond donors (Lipinski definition) is 0. The fraction of sp³-hybridized carbons (Fsp3) is 0.400. The molecule has 0 spiro atoms. The minimum atomic E-state index is 0.0970. The SMILES string of the molecule is Cc1cccc([C@@H](C)O[C@H](C)c2cccc(C)c2C)c1C. The van der Waals surface area contributed by atoms with Gasteiger partial charge in [0.1, 0.15) is 0 Å². The van der Waals surface area contributed by atoms with Gasteiger partial charge in [-0.2, -0.15) is 0 Å². The lowest BCUT2D eigenvalue weighted by molar-refractivity contribution is 0.00517. The quantitative estimate of drug-likeness (QED) is 0.692. The van der Waals surface area contributed by atoms with Gasteiger partial charge in [-0.05, 0) is 74.9 Å². The van der Waals surface area contributed by atoms with Crippen molar-refractivity contribution >= 4 is 0 Å². The Kier molecular flexibility index (Phi) is 4.84. The molecule has 1 heteroatoms. The second kappa shape index (κ2) is 6.44. The smallest absolute Gasteiger partial charge is 0.0807 e. The van der Waals surface area contributed by atoms with Crippen LogP contribution < -0.4 is 0 Å². The number of aryl methyl sites for hydroxylation is 2. The Morgan fingerprint density at radius 1 is 0.667 bits per heavy atom. The summed E-state index contributed by atoms with van der Waals surface area (Å²) < 4.78 is 6.29. The highest BCUT2D eigenvalue weighted by Gasteiger charge is 2.16. The van der Waals surface area contributed by atoms with Crippen LogP contribution in [-0.4, -0.2) is 0 Å². The van der Waals surface area contributed by atoms with E-state index in [1.807, 2.05) is 0 Å². The number of ether oxygens (including phenoxy) is 1. The van der Waals surface area contributed by atoms with E-state index in [1.54, 1.807) is 0 Å². The first-order valence-corrected chi connectivity index (χ1v) is 7.69.